The second kappa shape index (κ2) is 33.1. The van der Waals surface area contributed by atoms with Crippen molar-refractivity contribution >= 4 is 81.8 Å². The van der Waals surface area contributed by atoms with E-state index in [0.717, 1.165) is 4.90 Å². The summed E-state index contributed by atoms with van der Waals surface area (Å²) >= 11 is 0. The minimum Gasteiger partial charge on any atom is -0.508 e. The molecule has 0 radical (unpaired) electrons. The van der Waals surface area contributed by atoms with E-state index in [1.54, 1.807) is 44.3 Å². The van der Waals surface area contributed by atoms with E-state index in [0.29, 0.717) is 34.1 Å². The molecular weight excluding hydrogens is 1170 g/mol. The molecule has 2 aromatic carbocycles. The highest BCUT2D eigenvalue weighted by atomic mass is 16.3. The van der Waals surface area contributed by atoms with E-state index >= 15 is 0 Å². The van der Waals surface area contributed by atoms with Crippen LogP contribution in [-0.2, 0) is 72.0 Å². The van der Waals surface area contributed by atoms with Gasteiger partial charge in [-0.05, 0) is 86.1 Å². The number of primary amides is 1. The number of phenolic OH excluding ortho intramolecular Hbond substituents is 1. The summed E-state index contributed by atoms with van der Waals surface area (Å²) in [7, 11) is 1.39. The Labute approximate surface area is 520 Å². The number of benzene rings is 2. The van der Waals surface area contributed by atoms with Crippen LogP contribution in [0.5, 0.6) is 5.75 Å². The number of aromatic amines is 2. The van der Waals surface area contributed by atoms with Crippen molar-refractivity contribution in [1.29, 1.82) is 0 Å². The van der Waals surface area contributed by atoms with Crippen LogP contribution in [0.1, 0.15) is 95.9 Å². The third kappa shape index (κ3) is 20.5. The van der Waals surface area contributed by atoms with Crippen molar-refractivity contribution in [2.45, 2.75) is 153 Å². The van der Waals surface area contributed by atoms with Crippen LogP contribution in [0.3, 0.4) is 0 Å². The quantitative estimate of drug-likeness (QED) is 0.0132. The lowest BCUT2D eigenvalue weighted by molar-refractivity contribution is -0.146. The van der Waals surface area contributed by atoms with Gasteiger partial charge in [0, 0.05) is 74.8 Å². The molecule has 18 N–H and O–H groups in total. The first-order valence-corrected chi connectivity index (χ1v) is 30.0. The van der Waals surface area contributed by atoms with Gasteiger partial charge in [0.1, 0.15) is 60.1 Å². The van der Waals surface area contributed by atoms with Gasteiger partial charge < -0.3 is 89.7 Å². The molecule has 0 unspecified atom stereocenters. The van der Waals surface area contributed by atoms with Crippen molar-refractivity contribution in [1.82, 2.24) is 67.3 Å². The number of likely N-dealkylation sites (N-methyl/N-ethyl adjacent to an activating group) is 1. The van der Waals surface area contributed by atoms with Crippen molar-refractivity contribution in [3.63, 3.8) is 0 Å². The molecule has 30 nitrogen and oxygen atoms in total. The van der Waals surface area contributed by atoms with Crippen molar-refractivity contribution in [2.75, 3.05) is 33.3 Å². The molecule has 2 saturated heterocycles. The highest BCUT2D eigenvalue weighted by Crippen LogP contribution is 2.23. The number of guanidine groups is 1. The normalized spacial score (nSPS) is 16.9. The number of nitrogens with zero attached hydrogens (tertiary/aromatic N) is 4. The van der Waals surface area contributed by atoms with Gasteiger partial charge in [0.25, 0.3) is 0 Å². The number of imidazole rings is 1. The molecule has 4 aromatic rings. The molecule has 2 aliphatic rings. The van der Waals surface area contributed by atoms with Crippen LogP contribution in [0.4, 0.5) is 0 Å². The first-order valence-electron chi connectivity index (χ1n) is 30.0. The predicted octanol–water partition coefficient (Wildman–Crippen LogP) is -2.63. The first-order chi connectivity index (χ1) is 42.8. The third-order valence-corrected chi connectivity index (χ3v) is 15.3. The maximum Gasteiger partial charge on any atom is 0.245 e. The molecule has 2 fully saturated rings. The number of likely N-dealkylation sites (tertiary alicyclic amines) is 1. The largest absolute Gasteiger partial charge is 0.508 e. The van der Waals surface area contributed by atoms with Gasteiger partial charge in [-0.2, -0.15) is 0 Å². The molecule has 0 saturated carbocycles. The van der Waals surface area contributed by atoms with Crippen molar-refractivity contribution < 1.29 is 63.0 Å². The summed E-state index contributed by atoms with van der Waals surface area (Å²) in [6.07, 6.45) is 5.26. The highest BCUT2D eigenvalue weighted by Gasteiger charge is 2.41. The summed E-state index contributed by atoms with van der Waals surface area (Å²) < 4.78 is 0. The summed E-state index contributed by atoms with van der Waals surface area (Å²) in [6.45, 7) is 6.05. The summed E-state index contributed by atoms with van der Waals surface area (Å²) in [5.74, 6) is -8.89. The van der Waals surface area contributed by atoms with Gasteiger partial charge in [-0.1, -0.05) is 58.0 Å². The molecule has 30 heteroatoms. The average molecular weight is 1250 g/mol. The number of para-hydroxylation sites is 1. The molecule has 4 heterocycles. The first kappa shape index (κ1) is 69.5. The second-order valence-electron chi connectivity index (χ2n) is 23.5. The van der Waals surface area contributed by atoms with Gasteiger partial charge in [0.2, 0.25) is 65.0 Å². The second-order valence-corrected chi connectivity index (χ2v) is 23.5. The number of aliphatic hydroxyl groups excluding tert-OH is 1. The number of aromatic hydroxyl groups is 1. The van der Waals surface area contributed by atoms with Crippen LogP contribution >= 0.6 is 0 Å². The minimum absolute atomic E-state index is 0.0103. The average Bonchev–Trinajstić information content (AvgIpc) is 1.83. The Hall–Kier alpha value is -9.61. The molecule has 488 valence electrons. The number of hydrogen-bond donors (Lipinski definition) is 15. The van der Waals surface area contributed by atoms with Gasteiger partial charge in [-0.25, -0.2) is 4.98 Å². The summed E-state index contributed by atoms with van der Waals surface area (Å²) in [5.41, 5.74) is 18.6. The van der Waals surface area contributed by atoms with Crippen LogP contribution in [0.15, 0.2) is 72.2 Å². The number of aliphatic imine (C=N–C) groups is 1. The molecule has 0 aliphatic carbocycles. The zero-order chi connectivity index (χ0) is 65.8. The number of aromatic nitrogens is 3. The number of carbonyl (C=O) groups is 11. The maximum atomic E-state index is 14.7. The zero-order valence-electron chi connectivity index (χ0n) is 51.2. The van der Waals surface area contributed by atoms with Crippen molar-refractivity contribution in [3.8, 4) is 5.75 Å². The van der Waals surface area contributed by atoms with E-state index in [1.165, 1.54) is 48.7 Å². The fraction of sp³-hybridized carbons (Fsp3) is 0.517. The van der Waals surface area contributed by atoms with Crippen LogP contribution in [-0.4, -0.2) is 194 Å². The van der Waals surface area contributed by atoms with E-state index in [4.69, 9.17) is 17.2 Å². The molecule has 2 aromatic heterocycles. The molecule has 0 bridgehead atoms. The molecular formula is C60H85N17O13. The van der Waals surface area contributed by atoms with E-state index in [-0.39, 0.29) is 113 Å². The number of hydrogen-bond acceptors (Lipinski definition) is 15. The fourth-order valence-corrected chi connectivity index (χ4v) is 10.8. The zero-order valence-corrected chi connectivity index (χ0v) is 51.2. The van der Waals surface area contributed by atoms with Gasteiger partial charge in [0.05, 0.1) is 19.5 Å². The standard InChI is InChI=1S/C60H85N17O13/c1-32(2)22-42(52(83)69-41(12-8-20-65-60(62)63)58(89)77-21-9-13-48(77)59(90)76(5)29-49(61)80)70-53(84)43(23-33(3)4)71-54(85)44(24-34-14-16-37(79)17-15-34)72-57(88)47(30-78)75-55(86)45(25-35-27-66-39-11-7-6-10-38(35)39)73-56(87)46(26-36-28-64-31-67-36)74-51(82)40-18-19-50(81)68-40/h6-7,10-11,14-17,27-28,31-33,40-48,66,78-79H,8-9,12-13,18-26,29-30H2,1-5H3,(H2,61,80)(H,64,67)(H,68,81)(H,69,83)(H,70,84)(H,71,85)(H,72,88)(H,73,87)(H,74,82)(H,75,86)(H4,62,63,65)/t40-,41-,42-,43+,44-,45-,46-,47-,48-/m0/s1. The number of fused-ring (bicyclic) bond motifs is 1. The number of amides is 11. The van der Waals surface area contributed by atoms with Gasteiger partial charge >= 0.3 is 0 Å². The van der Waals surface area contributed by atoms with Crippen LogP contribution in [0.2, 0.25) is 0 Å². The van der Waals surface area contributed by atoms with Crippen LogP contribution in [0.25, 0.3) is 10.9 Å². The number of nitrogens with two attached hydrogens (primary N) is 3. The number of phenols is 1. The Morgan fingerprint density at radius 3 is 1.84 bits per heavy atom. The Morgan fingerprint density at radius 2 is 1.28 bits per heavy atom. The number of H-pyrrole nitrogens is 2. The summed E-state index contributed by atoms with van der Waals surface area (Å²) in [5, 5.41) is 43.0. The van der Waals surface area contributed by atoms with E-state index in [2.05, 4.69) is 62.5 Å². The van der Waals surface area contributed by atoms with Crippen molar-refractivity contribution in [2.24, 2.45) is 34.0 Å². The van der Waals surface area contributed by atoms with Crippen LogP contribution < -0.4 is 59.7 Å². The van der Waals surface area contributed by atoms with E-state index in [9.17, 15) is 63.0 Å². The Balaban J connectivity index is 1.22. The van der Waals surface area contributed by atoms with Gasteiger partial charge in [0.15, 0.2) is 5.96 Å². The molecule has 2 aliphatic heterocycles. The lowest BCUT2D eigenvalue weighted by atomic mass is 9.98. The number of nitrogens with one attached hydrogen (secondary N) is 10. The molecule has 9 atom stereocenters. The fourth-order valence-electron chi connectivity index (χ4n) is 10.8. The monoisotopic (exact) mass is 1250 g/mol. The Bertz CT molecular complexity index is 3200. The van der Waals surface area contributed by atoms with Crippen LogP contribution in [0, 0.1) is 11.8 Å². The molecule has 0 spiro atoms. The highest BCUT2D eigenvalue weighted by molar-refractivity contribution is 6.00. The SMILES string of the molecule is CC(C)C[C@H](NC(=O)[C@@H](CC(C)C)NC(=O)[C@H](Cc1ccc(O)cc1)NC(=O)[C@H](CO)NC(=O)[C@H](Cc1c[nH]c2ccccc12)NC(=O)[C@H](Cc1cnc[nH]1)NC(=O)[C@@H]1CCC(=O)N1)C(=O)N[C@@H](CCCN=C(N)N)C(=O)N1CCC[C@H]1C(=O)N(C)CC(N)=O. The van der Waals surface area contributed by atoms with E-state index in [1.807, 2.05) is 13.8 Å². The molecule has 90 heavy (non-hydrogen) atoms. The lowest BCUT2D eigenvalue weighted by Gasteiger charge is -2.32. The van der Waals surface area contributed by atoms with Gasteiger partial charge in [-0.15, -0.1) is 0 Å². The number of aliphatic hydroxyl groups is 1. The van der Waals surface area contributed by atoms with E-state index < -0.39 is 120 Å². The Kier molecular flexibility index (Phi) is 25.6. The smallest absolute Gasteiger partial charge is 0.245 e. The topological polar surface area (TPSA) is 466 Å². The maximum absolute atomic E-state index is 14.7. The molecule has 11 amide bonds. The van der Waals surface area contributed by atoms with Crippen molar-refractivity contribution in [3.05, 3.63) is 84.1 Å². The lowest BCUT2D eigenvalue weighted by Crippen LogP contribution is -2.61. The van der Waals surface area contributed by atoms with Gasteiger partial charge in [-0.3, -0.25) is 57.7 Å². The number of rotatable bonds is 33. The summed E-state index contributed by atoms with van der Waals surface area (Å²) in [4.78, 5) is 169. The Morgan fingerprint density at radius 1 is 0.711 bits per heavy atom. The predicted molar refractivity (Wildman–Crippen MR) is 328 cm³/mol. The molecule has 6 rings (SSSR count). The third-order valence-electron chi connectivity index (χ3n) is 15.3. The minimum atomic E-state index is -1.77. The summed E-state index contributed by atoms with van der Waals surface area (Å²) in [6, 6.07) is 1.03. The number of carbonyl (C=O) groups excluding carboxylic acids is 11.